The van der Waals surface area contributed by atoms with E-state index >= 15 is 0 Å². The standard InChI is InChI=1S/C22H25Cl2N3O3/c1-5-22(3,4)27-20(29)14-9-11-15(12-10-14)26-19(28)13(2)25-21(30)16-7-6-8-17(23)18(16)24/h6-13H,5H2,1-4H3,(H,25,30)(H,26,28)(H,27,29). The van der Waals surface area contributed by atoms with Gasteiger partial charge in [0.1, 0.15) is 6.04 Å². The minimum absolute atomic E-state index is 0.129. The quantitative estimate of drug-likeness (QED) is 0.573. The molecule has 0 bridgehead atoms. The highest BCUT2D eigenvalue weighted by Gasteiger charge is 2.20. The number of carbonyl (C=O) groups excluding carboxylic acids is 3. The van der Waals surface area contributed by atoms with Crippen LogP contribution in [0.2, 0.25) is 10.0 Å². The lowest BCUT2D eigenvalue weighted by Gasteiger charge is -2.24. The van der Waals surface area contributed by atoms with Crippen molar-refractivity contribution in [1.29, 1.82) is 0 Å². The first-order valence-corrected chi connectivity index (χ1v) is 10.3. The molecule has 0 fully saturated rings. The molecule has 0 spiro atoms. The van der Waals surface area contributed by atoms with Crippen LogP contribution in [0.1, 0.15) is 54.8 Å². The highest BCUT2D eigenvalue weighted by atomic mass is 35.5. The molecular formula is C22H25Cl2N3O3. The Hall–Kier alpha value is -2.57. The van der Waals surface area contributed by atoms with E-state index in [0.29, 0.717) is 11.3 Å². The Bertz CT molecular complexity index is 943. The van der Waals surface area contributed by atoms with Crippen molar-refractivity contribution in [3.8, 4) is 0 Å². The second kappa shape index (κ2) is 9.96. The van der Waals surface area contributed by atoms with Crippen LogP contribution in [0, 0.1) is 0 Å². The molecule has 30 heavy (non-hydrogen) atoms. The maximum Gasteiger partial charge on any atom is 0.253 e. The van der Waals surface area contributed by atoms with Gasteiger partial charge in [-0.25, -0.2) is 0 Å². The Labute approximate surface area is 186 Å². The average molecular weight is 450 g/mol. The van der Waals surface area contributed by atoms with Gasteiger partial charge in [0.25, 0.3) is 11.8 Å². The Morgan fingerprint density at radius 2 is 1.63 bits per heavy atom. The zero-order valence-corrected chi connectivity index (χ0v) is 18.8. The van der Waals surface area contributed by atoms with Crippen molar-refractivity contribution in [2.75, 3.05) is 5.32 Å². The molecule has 8 heteroatoms. The van der Waals surface area contributed by atoms with E-state index in [1.807, 2.05) is 20.8 Å². The Balaban J connectivity index is 1.97. The normalized spacial score (nSPS) is 12.1. The summed E-state index contributed by atoms with van der Waals surface area (Å²) < 4.78 is 0. The van der Waals surface area contributed by atoms with Gasteiger partial charge in [0, 0.05) is 16.8 Å². The summed E-state index contributed by atoms with van der Waals surface area (Å²) in [4.78, 5) is 37.1. The van der Waals surface area contributed by atoms with Gasteiger partial charge in [0.2, 0.25) is 5.91 Å². The van der Waals surface area contributed by atoms with E-state index in [9.17, 15) is 14.4 Å². The summed E-state index contributed by atoms with van der Waals surface area (Å²) in [6.45, 7) is 7.46. The second-order valence-corrected chi connectivity index (χ2v) is 8.34. The third kappa shape index (κ3) is 6.21. The largest absolute Gasteiger partial charge is 0.347 e. The maximum absolute atomic E-state index is 12.4. The number of anilines is 1. The highest BCUT2D eigenvalue weighted by Crippen LogP contribution is 2.25. The van der Waals surface area contributed by atoms with Crippen LogP contribution in [0.25, 0.3) is 0 Å². The van der Waals surface area contributed by atoms with Crippen LogP contribution in [0.15, 0.2) is 42.5 Å². The maximum atomic E-state index is 12.4. The van der Waals surface area contributed by atoms with Gasteiger partial charge in [-0.15, -0.1) is 0 Å². The Morgan fingerprint density at radius 3 is 2.23 bits per heavy atom. The molecule has 160 valence electrons. The molecule has 2 aromatic rings. The van der Waals surface area contributed by atoms with Gasteiger partial charge in [0.15, 0.2) is 0 Å². The molecule has 0 heterocycles. The number of rotatable bonds is 7. The number of hydrogen-bond donors (Lipinski definition) is 3. The predicted octanol–water partition coefficient (Wildman–Crippen LogP) is 4.67. The molecule has 1 atom stereocenters. The zero-order valence-electron chi connectivity index (χ0n) is 17.3. The van der Waals surface area contributed by atoms with Gasteiger partial charge in [0.05, 0.1) is 15.6 Å². The third-order valence-electron chi connectivity index (χ3n) is 4.69. The fraction of sp³-hybridized carbons (Fsp3) is 0.318. The summed E-state index contributed by atoms with van der Waals surface area (Å²) >= 11 is 12.0. The molecule has 0 aliphatic rings. The summed E-state index contributed by atoms with van der Waals surface area (Å²) in [5, 5.41) is 8.63. The van der Waals surface area contributed by atoms with Crippen LogP contribution < -0.4 is 16.0 Å². The van der Waals surface area contributed by atoms with Gasteiger partial charge in [-0.05, 0) is 63.6 Å². The summed E-state index contributed by atoms with van der Waals surface area (Å²) in [6, 6.07) is 10.4. The number of nitrogens with one attached hydrogen (secondary N) is 3. The van der Waals surface area contributed by atoms with E-state index in [0.717, 1.165) is 6.42 Å². The smallest absolute Gasteiger partial charge is 0.253 e. The first-order chi connectivity index (χ1) is 14.0. The fourth-order valence-corrected chi connectivity index (χ4v) is 2.83. The lowest BCUT2D eigenvalue weighted by Crippen LogP contribution is -2.42. The van der Waals surface area contributed by atoms with Crippen molar-refractivity contribution in [3.63, 3.8) is 0 Å². The topological polar surface area (TPSA) is 87.3 Å². The van der Waals surface area contributed by atoms with Crippen molar-refractivity contribution in [2.24, 2.45) is 0 Å². The number of carbonyl (C=O) groups is 3. The Kier molecular flexibility index (Phi) is 7.87. The van der Waals surface area contributed by atoms with Crippen LogP contribution in [0.4, 0.5) is 5.69 Å². The summed E-state index contributed by atoms with van der Waals surface area (Å²) in [5.41, 5.74) is 0.887. The predicted molar refractivity (Wildman–Crippen MR) is 120 cm³/mol. The molecule has 3 amide bonds. The van der Waals surface area contributed by atoms with Crippen LogP contribution in [-0.4, -0.2) is 29.3 Å². The molecule has 0 aliphatic heterocycles. The molecule has 3 N–H and O–H groups in total. The van der Waals surface area contributed by atoms with Crippen LogP contribution in [-0.2, 0) is 4.79 Å². The molecule has 0 aliphatic carbocycles. The third-order valence-corrected chi connectivity index (χ3v) is 5.51. The van der Waals surface area contributed by atoms with E-state index in [1.54, 1.807) is 43.3 Å². The van der Waals surface area contributed by atoms with Crippen LogP contribution >= 0.6 is 23.2 Å². The van der Waals surface area contributed by atoms with Crippen molar-refractivity contribution in [2.45, 2.75) is 45.7 Å². The molecule has 2 rings (SSSR count). The molecule has 1 unspecified atom stereocenters. The molecule has 0 saturated heterocycles. The molecule has 0 aromatic heterocycles. The monoisotopic (exact) mass is 449 g/mol. The van der Waals surface area contributed by atoms with Gasteiger partial charge < -0.3 is 16.0 Å². The molecular weight excluding hydrogens is 425 g/mol. The first-order valence-electron chi connectivity index (χ1n) is 9.52. The SMILES string of the molecule is CCC(C)(C)NC(=O)c1ccc(NC(=O)C(C)NC(=O)c2cccc(Cl)c2Cl)cc1. The van der Waals surface area contributed by atoms with E-state index in [-0.39, 0.29) is 27.1 Å². The highest BCUT2D eigenvalue weighted by molar-refractivity contribution is 6.43. The number of amides is 3. The first kappa shape index (κ1) is 23.7. The Morgan fingerprint density at radius 1 is 1.00 bits per heavy atom. The molecule has 0 radical (unpaired) electrons. The molecule has 6 nitrogen and oxygen atoms in total. The van der Waals surface area contributed by atoms with Gasteiger partial charge in [-0.1, -0.05) is 36.2 Å². The second-order valence-electron chi connectivity index (χ2n) is 7.55. The van der Waals surface area contributed by atoms with Crippen LogP contribution in [0.5, 0.6) is 0 Å². The number of benzene rings is 2. The van der Waals surface area contributed by atoms with Gasteiger partial charge in [-0.2, -0.15) is 0 Å². The number of halogens is 2. The minimum Gasteiger partial charge on any atom is -0.347 e. The molecule has 0 saturated carbocycles. The van der Waals surface area contributed by atoms with Gasteiger partial charge >= 0.3 is 0 Å². The zero-order chi connectivity index (χ0) is 22.5. The van der Waals surface area contributed by atoms with Crippen molar-refractivity contribution in [3.05, 3.63) is 63.6 Å². The average Bonchev–Trinajstić information content (AvgIpc) is 2.70. The molecule has 2 aromatic carbocycles. The lowest BCUT2D eigenvalue weighted by molar-refractivity contribution is -0.117. The minimum atomic E-state index is -0.819. The van der Waals surface area contributed by atoms with Crippen molar-refractivity contribution in [1.82, 2.24) is 10.6 Å². The van der Waals surface area contributed by atoms with E-state index < -0.39 is 17.9 Å². The number of hydrogen-bond acceptors (Lipinski definition) is 3. The van der Waals surface area contributed by atoms with E-state index in [4.69, 9.17) is 23.2 Å². The van der Waals surface area contributed by atoms with Crippen molar-refractivity contribution < 1.29 is 14.4 Å². The summed E-state index contributed by atoms with van der Waals surface area (Å²) in [7, 11) is 0. The van der Waals surface area contributed by atoms with Crippen LogP contribution in [0.3, 0.4) is 0 Å². The summed E-state index contributed by atoms with van der Waals surface area (Å²) in [5.74, 6) is -1.10. The van der Waals surface area contributed by atoms with E-state index in [1.165, 1.54) is 6.07 Å². The van der Waals surface area contributed by atoms with E-state index in [2.05, 4.69) is 16.0 Å². The fourth-order valence-electron chi connectivity index (χ4n) is 2.44. The van der Waals surface area contributed by atoms with Gasteiger partial charge in [-0.3, -0.25) is 14.4 Å². The van der Waals surface area contributed by atoms with Crippen molar-refractivity contribution >= 4 is 46.6 Å². The summed E-state index contributed by atoms with van der Waals surface area (Å²) in [6.07, 6.45) is 0.802. The lowest BCUT2D eigenvalue weighted by atomic mass is 10.0.